The third kappa shape index (κ3) is 4.00. The van der Waals surface area contributed by atoms with E-state index in [1.165, 1.54) is 0 Å². The van der Waals surface area contributed by atoms with E-state index in [2.05, 4.69) is 5.32 Å². The van der Waals surface area contributed by atoms with E-state index in [9.17, 15) is 9.90 Å². The first-order chi connectivity index (χ1) is 10.2. The van der Waals surface area contributed by atoms with E-state index >= 15 is 0 Å². The van der Waals surface area contributed by atoms with Crippen LogP contribution in [-0.2, 0) is 0 Å². The lowest BCUT2D eigenvalue weighted by Gasteiger charge is -2.17. The zero-order valence-electron chi connectivity index (χ0n) is 11.5. The van der Waals surface area contributed by atoms with Gasteiger partial charge in [-0.2, -0.15) is 0 Å². The van der Waals surface area contributed by atoms with Crippen molar-refractivity contribution in [2.45, 2.75) is 10.9 Å². The Morgan fingerprint density at radius 3 is 2.62 bits per heavy atom. The summed E-state index contributed by atoms with van der Waals surface area (Å²) in [5.74, 6) is -0.293. The van der Waals surface area contributed by atoms with Gasteiger partial charge in [0.15, 0.2) is 0 Å². The van der Waals surface area contributed by atoms with Crippen molar-refractivity contribution >= 4 is 29.3 Å². The average molecular weight is 322 g/mol. The molecule has 0 aliphatic heterocycles. The van der Waals surface area contributed by atoms with Gasteiger partial charge < -0.3 is 10.4 Å². The number of aliphatic hydroxyl groups excluding tert-OH is 1. The molecule has 0 aromatic heterocycles. The fraction of sp³-hybridized carbons (Fsp3) is 0.188. The highest BCUT2D eigenvalue weighted by Gasteiger charge is 2.17. The smallest absolute Gasteiger partial charge is 0.253 e. The highest BCUT2D eigenvalue weighted by Crippen LogP contribution is 2.23. The number of aliphatic hydroxyl groups is 1. The largest absolute Gasteiger partial charge is 0.394 e. The molecule has 3 nitrogen and oxygen atoms in total. The second kappa shape index (κ2) is 7.50. The molecule has 0 fully saturated rings. The average Bonchev–Trinajstić information content (AvgIpc) is 2.53. The van der Waals surface area contributed by atoms with E-state index in [1.807, 2.05) is 42.7 Å². The van der Waals surface area contributed by atoms with Crippen molar-refractivity contribution in [3.05, 3.63) is 64.7 Å². The second-order valence-corrected chi connectivity index (χ2v) is 5.75. The number of hydrogen-bond acceptors (Lipinski definition) is 3. The van der Waals surface area contributed by atoms with Crippen molar-refractivity contribution in [3.63, 3.8) is 0 Å². The summed E-state index contributed by atoms with van der Waals surface area (Å²) in [4.78, 5) is 13.3. The van der Waals surface area contributed by atoms with Crippen molar-refractivity contribution in [1.29, 1.82) is 0 Å². The summed E-state index contributed by atoms with van der Waals surface area (Å²) < 4.78 is 0. The van der Waals surface area contributed by atoms with Gasteiger partial charge in [-0.05, 0) is 30.0 Å². The van der Waals surface area contributed by atoms with Crippen LogP contribution in [0.15, 0.2) is 53.4 Å². The molecule has 5 heteroatoms. The van der Waals surface area contributed by atoms with Gasteiger partial charge in [-0.15, -0.1) is 11.8 Å². The van der Waals surface area contributed by atoms with Crippen molar-refractivity contribution in [2.24, 2.45) is 0 Å². The molecule has 2 aromatic rings. The van der Waals surface area contributed by atoms with Gasteiger partial charge >= 0.3 is 0 Å². The van der Waals surface area contributed by atoms with Gasteiger partial charge in [0.2, 0.25) is 0 Å². The van der Waals surface area contributed by atoms with E-state index in [0.29, 0.717) is 10.6 Å². The Balaban J connectivity index is 2.20. The van der Waals surface area contributed by atoms with E-state index < -0.39 is 6.04 Å². The van der Waals surface area contributed by atoms with E-state index in [-0.39, 0.29) is 12.5 Å². The van der Waals surface area contributed by atoms with Crippen LogP contribution in [0.4, 0.5) is 0 Å². The minimum Gasteiger partial charge on any atom is -0.394 e. The lowest BCUT2D eigenvalue weighted by molar-refractivity contribution is 0.0916. The molecular formula is C16H16ClNO2S. The van der Waals surface area contributed by atoms with Gasteiger partial charge in [0, 0.05) is 4.90 Å². The van der Waals surface area contributed by atoms with E-state index in [4.69, 9.17) is 11.6 Å². The van der Waals surface area contributed by atoms with Crippen LogP contribution in [0.2, 0.25) is 5.02 Å². The zero-order valence-corrected chi connectivity index (χ0v) is 13.1. The number of carbonyl (C=O) groups is 1. The van der Waals surface area contributed by atoms with Crippen LogP contribution in [0.1, 0.15) is 22.0 Å². The van der Waals surface area contributed by atoms with Crippen LogP contribution >= 0.6 is 23.4 Å². The number of amides is 1. The maximum atomic E-state index is 12.4. The van der Waals surface area contributed by atoms with Crippen molar-refractivity contribution in [2.75, 3.05) is 12.9 Å². The van der Waals surface area contributed by atoms with Crippen LogP contribution in [0.5, 0.6) is 0 Å². The summed E-state index contributed by atoms with van der Waals surface area (Å²) in [5, 5.41) is 12.7. The quantitative estimate of drug-likeness (QED) is 0.828. The summed E-state index contributed by atoms with van der Waals surface area (Å²) in [7, 11) is 0. The minimum absolute atomic E-state index is 0.171. The maximum Gasteiger partial charge on any atom is 0.253 e. The van der Waals surface area contributed by atoms with E-state index in [1.54, 1.807) is 23.9 Å². The Morgan fingerprint density at radius 2 is 2.00 bits per heavy atom. The highest BCUT2D eigenvalue weighted by atomic mass is 35.5. The standard InChI is InChI=1S/C16H16ClNO2S/c1-21-12-7-8-14(17)13(9-12)16(20)18-15(10-19)11-5-3-2-4-6-11/h2-9,15,19H,10H2,1H3,(H,18,20). The predicted octanol–water partition coefficient (Wildman–Crippen LogP) is 3.53. The maximum absolute atomic E-state index is 12.4. The van der Waals surface area contributed by atoms with Crippen LogP contribution in [0, 0.1) is 0 Å². The molecule has 1 atom stereocenters. The normalized spacial score (nSPS) is 12.0. The summed E-state index contributed by atoms with van der Waals surface area (Å²) >= 11 is 7.63. The molecule has 0 aliphatic carbocycles. The summed E-state index contributed by atoms with van der Waals surface area (Å²) in [5.41, 5.74) is 1.27. The zero-order chi connectivity index (χ0) is 15.2. The number of carbonyl (C=O) groups excluding carboxylic acids is 1. The Labute approximate surface area is 133 Å². The van der Waals surface area contributed by atoms with Crippen LogP contribution in [0.25, 0.3) is 0 Å². The van der Waals surface area contributed by atoms with E-state index in [0.717, 1.165) is 10.5 Å². The summed E-state index contributed by atoms with van der Waals surface area (Å²) in [6.07, 6.45) is 1.94. The van der Waals surface area contributed by atoms with Gasteiger partial charge in [-0.25, -0.2) is 0 Å². The SMILES string of the molecule is CSc1ccc(Cl)c(C(=O)NC(CO)c2ccccc2)c1. The molecular weight excluding hydrogens is 306 g/mol. The fourth-order valence-corrected chi connectivity index (χ4v) is 2.60. The molecule has 2 rings (SSSR count). The first-order valence-corrected chi connectivity index (χ1v) is 8.06. The fourth-order valence-electron chi connectivity index (χ4n) is 1.96. The number of rotatable bonds is 5. The van der Waals surface area contributed by atoms with Crippen LogP contribution in [0.3, 0.4) is 0 Å². The Bertz CT molecular complexity index is 619. The molecule has 110 valence electrons. The lowest BCUT2D eigenvalue weighted by Crippen LogP contribution is -2.31. The molecule has 0 heterocycles. The summed E-state index contributed by atoms with van der Waals surface area (Å²) in [6, 6.07) is 14.2. The van der Waals surface area contributed by atoms with Crippen LogP contribution in [-0.4, -0.2) is 23.9 Å². The number of thioether (sulfide) groups is 1. The molecule has 0 saturated carbocycles. The first kappa shape index (κ1) is 15.9. The molecule has 1 amide bonds. The van der Waals surface area contributed by atoms with Crippen molar-refractivity contribution < 1.29 is 9.90 Å². The number of benzene rings is 2. The minimum atomic E-state index is -0.451. The second-order valence-electron chi connectivity index (χ2n) is 4.47. The Morgan fingerprint density at radius 1 is 1.29 bits per heavy atom. The van der Waals surface area contributed by atoms with Gasteiger partial charge in [-0.3, -0.25) is 4.79 Å². The molecule has 1 unspecified atom stereocenters. The molecule has 0 saturated heterocycles. The number of nitrogens with one attached hydrogen (secondary N) is 1. The molecule has 2 aromatic carbocycles. The van der Waals surface area contributed by atoms with Crippen molar-refractivity contribution in [3.8, 4) is 0 Å². The van der Waals surface area contributed by atoms with Gasteiger partial charge in [0.1, 0.15) is 0 Å². The molecule has 0 spiro atoms. The van der Waals surface area contributed by atoms with Gasteiger partial charge in [0.05, 0.1) is 23.2 Å². The first-order valence-electron chi connectivity index (χ1n) is 6.46. The van der Waals surface area contributed by atoms with Crippen LogP contribution < -0.4 is 5.32 Å². The predicted molar refractivity (Wildman–Crippen MR) is 87.0 cm³/mol. The van der Waals surface area contributed by atoms with Crippen molar-refractivity contribution in [1.82, 2.24) is 5.32 Å². The van der Waals surface area contributed by atoms with Gasteiger partial charge in [-0.1, -0.05) is 41.9 Å². The molecule has 21 heavy (non-hydrogen) atoms. The topological polar surface area (TPSA) is 49.3 Å². The molecule has 2 N–H and O–H groups in total. The molecule has 0 aliphatic rings. The third-order valence-corrected chi connectivity index (χ3v) is 4.16. The molecule has 0 bridgehead atoms. The monoisotopic (exact) mass is 321 g/mol. The van der Waals surface area contributed by atoms with Gasteiger partial charge in [0.25, 0.3) is 5.91 Å². The number of hydrogen-bond donors (Lipinski definition) is 2. The third-order valence-electron chi connectivity index (χ3n) is 3.11. The Hall–Kier alpha value is -1.49. The highest BCUT2D eigenvalue weighted by molar-refractivity contribution is 7.98. The number of halogens is 1. The Kier molecular flexibility index (Phi) is 5.67. The summed E-state index contributed by atoms with van der Waals surface area (Å²) in [6.45, 7) is -0.171. The lowest BCUT2D eigenvalue weighted by atomic mass is 10.1. The molecule has 0 radical (unpaired) electrons.